The summed E-state index contributed by atoms with van der Waals surface area (Å²) in [7, 11) is 0. The van der Waals surface area contributed by atoms with Gasteiger partial charge in [0, 0.05) is 12.1 Å². The van der Waals surface area contributed by atoms with Crippen molar-refractivity contribution in [1.82, 2.24) is 15.2 Å². The van der Waals surface area contributed by atoms with Gasteiger partial charge >= 0.3 is 0 Å². The maximum atomic E-state index is 12.9. The molecule has 122 valence electrons. The molecule has 2 aromatic carbocycles. The number of rotatable bonds is 5. The zero-order valence-electron chi connectivity index (χ0n) is 13.2. The fourth-order valence-electron chi connectivity index (χ4n) is 2.27. The van der Waals surface area contributed by atoms with Crippen molar-refractivity contribution in [3.05, 3.63) is 77.1 Å². The van der Waals surface area contributed by atoms with Crippen LogP contribution in [0.2, 0.25) is 0 Å². The van der Waals surface area contributed by atoms with E-state index in [-0.39, 0.29) is 18.1 Å². The van der Waals surface area contributed by atoms with E-state index in [1.54, 1.807) is 12.1 Å². The third kappa shape index (κ3) is 4.25. The van der Waals surface area contributed by atoms with Gasteiger partial charge in [-0.15, -0.1) is 0 Å². The Kier molecular flexibility index (Phi) is 4.65. The molecule has 1 aromatic heterocycles. The summed E-state index contributed by atoms with van der Waals surface area (Å²) in [5.41, 5.74) is 2.79. The van der Waals surface area contributed by atoms with Crippen LogP contribution in [0.25, 0.3) is 0 Å². The van der Waals surface area contributed by atoms with E-state index in [4.69, 9.17) is 0 Å². The summed E-state index contributed by atoms with van der Waals surface area (Å²) in [5.74, 6) is 0.618. The molecule has 6 heteroatoms. The zero-order chi connectivity index (χ0) is 16.9. The average molecular weight is 324 g/mol. The number of hydrogen-bond donors (Lipinski definition) is 2. The second-order valence-corrected chi connectivity index (χ2v) is 5.59. The van der Waals surface area contributed by atoms with Crippen LogP contribution in [-0.2, 0) is 17.6 Å². The minimum absolute atomic E-state index is 0.0911. The van der Waals surface area contributed by atoms with Gasteiger partial charge in [0.15, 0.2) is 5.82 Å². The molecule has 3 rings (SSSR count). The van der Waals surface area contributed by atoms with Gasteiger partial charge in [-0.2, -0.15) is 5.10 Å². The lowest BCUT2D eigenvalue weighted by atomic mass is 10.1. The van der Waals surface area contributed by atoms with E-state index in [1.807, 2.05) is 31.2 Å². The van der Waals surface area contributed by atoms with Crippen molar-refractivity contribution in [3.8, 4) is 0 Å². The number of hydrogen-bond acceptors (Lipinski definition) is 3. The molecule has 1 amide bonds. The second kappa shape index (κ2) is 7.04. The van der Waals surface area contributed by atoms with Crippen LogP contribution in [0.15, 0.2) is 48.5 Å². The van der Waals surface area contributed by atoms with Gasteiger partial charge in [-0.1, -0.05) is 29.8 Å². The lowest BCUT2D eigenvalue weighted by Crippen LogP contribution is -2.15. The molecule has 0 radical (unpaired) electrons. The van der Waals surface area contributed by atoms with Gasteiger partial charge in [-0.3, -0.25) is 9.89 Å². The van der Waals surface area contributed by atoms with E-state index in [2.05, 4.69) is 20.5 Å². The number of halogens is 1. The summed E-state index contributed by atoms with van der Waals surface area (Å²) >= 11 is 0. The molecular formula is C18H17FN4O. The molecule has 0 saturated carbocycles. The van der Waals surface area contributed by atoms with Crippen LogP contribution in [0.3, 0.4) is 0 Å². The zero-order valence-corrected chi connectivity index (χ0v) is 13.2. The fourth-order valence-corrected chi connectivity index (χ4v) is 2.27. The van der Waals surface area contributed by atoms with E-state index in [9.17, 15) is 9.18 Å². The number of aryl methyl sites for hydroxylation is 1. The number of aromatic amines is 1. The monoisotopic (exact) mass is 324 g/mol. The predicted molar refractivity (Wildman–Crippen MR) is 89.1 cm³/mol. The molecule has 2 N–H and O–H groups in total. The number of nitrogens with one attached hydrogen (secondary N) is 2. The minimum Gasteiger partial charge on any atom is -0.326 e. The van der Waals surface area contributed by atoms with Crippen LogP contribution >= 0.6 is 0 Å². The van der Waals surface area contributed by atoms with Gasteiger partial charge in [-0.25, -0.2) is 9.37 Å². The van der Waals surface area contributed by atoms with Gasteiger partial charge < -0.3 is 5.32 Å². The first-order valence-electron chi connectivity index (χ1n) is 7.59. The first-order valence-corrected chi connectivity index (χ1v) is 7.59. The Morgan fingerprint density at radius 1 is 1.12 bits per heavy atom. The van der Waals surface area contributed by atoms with Crippen molar-refractivity contribution in [2.45, 2.75) is 19.8 Å². The van der Waals surface area contributed by atoms with Gasteiger partial charge in [0.25, 0.3) is 0 Å². The third-order valence-electron chi connectivity index (χ3n) is 3.52. The molecular weight excluding hydrogens is 307 g/mol. The van der Waals surface area contributed by atoms with Gasteiger partial charge in [0.1, 0.15) is 11.6 Å². The van der Waals surface area contributed by atoms with Crippen molar-refractivity contribution in [2.24, 2.45) is 0 Å². The molecule has 0 fully saturated rings. The number of anilines is 1. The van der Waals surface area contributed by atoms with E-state index in [1.165, 1.54) is 12.1 Å². The molecule has 0 atom stereocenters. The van der Waals surface area contributed by atoms with Crippen LogP contribution in [0.5, 0.6) is 0 Å². The number of H-pyrrole nitrogens is 1. The maximum Gasteiger partial charge on any atom is 0.232 e. The summed E-state index contributed by atoms with van der Waals surface area (Å²) in [5, 5.41) is 9.67. The highest BCUT2D eigenvalue weighted by atomic mass is 19.1. The molecule has 0 saturated heterocycles. The molecule has 1 heterocycles. The Balaban J connectivity index is 1.58. The predicted octanol–water partition coefficient (Wildman–Crippen LogP) is 3.02. The standard InChI is InChI=1S/C18H17FN4O/c1-12-2-8-15(9-3-12)20-18(24)11-17-21-16(22-23-17)10-13-4-6-14(19)7-5-13/h2-9H,10-11H2,1H3,(H,20,24)(H,21,22,23). The fraction of sp³-hybridized carbons (Fsp3) is 0.167. The summed E-state index contributed by atoms with van der Waals surface area (Å²) in [6.07, 6.45) is 0.598. The molecule has 0 aliphatic heterocycles. The third-order valence-corrected chi connectivity index (χ3v) is 3.52. The van der Waals surface area contributed by atoms with Gasteiger partial charge in [-0.05, 0) is 36.8 Å². The lowest BCUT2D eigenvalue weighted by molar-refractivity contribution is -0.115. The smallest absolute Gasteiger partial charge is 0.232 e. The van der Waals surface area contributed by atoms with Crippen LogP contribution in [0.1, 0.15) is 22.8 Å². The van der Waals surface area contributed by atoms with Crippen molar-refractivity contribution in [3.63, 3.8) is 0 Å². The molecule has 0 aliphatic rings. The number of benzene rings is 2. The van der Waals surface area contributed by atoms with E-state index in [0.717, 1.165) is 16.8 Å². The highest BCUT2D eigenvalue weighted by Crippen LogP contribution is 2.10. The normalized spacial score (nSPS) is 10.6. The topological polar surface area (TPSA) is 70.7 Å². The van der Waals surface area contributed by atoms with Crippen molar-refractivity contribution in [2.75, 3.05) is 5.32 Å². The van der Waals surface area contributed by atoms with E-state index in [0.29, 0.717) is 18.1 Å². The molecule has 3 aromatic rings. The van der Waals surface area contributed by atoms with Crippen LogP contribution < -0.4 is 5.32 Å². The van der Waals surface area contributed by atoms with Gasteiger partial charge in [0.05, 0.1) is 6.42 Å². The number of amides is 1. The molecule has 0 spiro atoms. The van der Waals surface area contributed by atoms with E-state index >= 15 is 0 Å². The molecule has 0 aliphatic carbocycles. The number of nitrogens with zero attached hydrogens (tertiary/aromatic N) is 2. The first-order chi connectivity index (χ1) is 11.6. The molecule has 24 heavy (non-hydrogen) atoms. The van der Waals surface area contributed by atoms with Crippen molar-refractivity contribution < 1.29 is 9.18 Å². The van der Waals surface area contributed by atoms with Crippen LogP contribution in [0.4, 0.5) is 10.1 Å². The van der Waals surface area contributed by atoms with E-state index < -0.39 is 0 Å². The van der Waals surface area contributed by atoms with Crippen molar-refractivity contribution >= 4 is 11.6 Å². The minimum atomic E-state index is -0.273. The molecule has 0 unspecified atom stereocenters. The SMILES string of the molecule is Cc1ccc(NC(=O)Cc2n[nH]c(Cc3ccc(F)cc3)n2)cc1. The lowest BCUT2D eigenvalue weighted by Gasteiger charge is -2.03. The highest BCUT2D eigenvalue weighted by Gasteiger charge is 2.10. The summed E-state index contributed by atoms with van der Waals surface area (Å²) < 4.78 is 12.9. The number of carbonyl (C=O) groups is 1. The van der Waals surface area contributed by atoms with Crippen LogP contribution in [0, 0.1) is 12.7 Å². The summed E-state index contributed by atoms with van der Waals surface area (Å²) in [4.78, 5) is 16.3. The Labute approximate surface area is 138 Å². The van der Waals surface area contributed by atoms with Crippen LogP contribution in [-0.4, -0.2) is 21.1 Å². The second-order valence-electron chi connectivity index (χ2n) is 5.59. The first kappa shape index (κ1) is 15.9. The van der Waals surface area contributed by atoms with Crippen molar-refractivity contribution in [1.29, 1.82) is 0 Å². The Bertz CT molecular complexity index is 825. The Hall–Kier alpha value is -3.02. The molecule has 0 bridgehead atoms. The summed E-state index contributed by atoms with van der Waals surface area (Å²) in [6.45, 7) is 1.99. The van der Waals surface area contributed by atoms with Gasteiger partial charge in [0.2, 0.25) is 5.91 Å². The number of carbonyl (C=O) groups excluding carboxylic acids is 1. The molecule has 5 nitrogen and oxygen atoms in total. The summed E-state index contributed by atoms with van der Waals surface area (Å²) in [6, 6.07) is 13.8. The highest BCUT2D eigenvalue weighted by molar-refractivity contribution is 5.91. The Morgan fingerprint density at radius 3 is 2.54 bits per heavy atom. The Morgan fingerprint density at radius 2 is 1.83 bits per heavy atom. The largest absolute Gasteiger partial charge is 0.326 e. The quantitative estimate of drug-likeness (QED) is 0.758. The maximum absolute atomic E-state index is 12.9. The number of aromatic nitrogens is 3. The average Bonchev–Trinajstić information content (AvgIpc) is 2.99.